The summed E-state index contributed by atoms with van der Waals surface area (Å²) in [6, 6.07) is 3.82. The smallest absolute Gasteiger partial charge is 0.274 e. The van der Waals surface area contributed by atoms with Crippen LogP contribution in [0.2, 0.25) is 0 Å². The molecule has 29 heavy (non-hydrogen) atoms. The Kier molecular flexibility index (Phi) is 3.93. The lowest BCUT2D eigenvalue weighted by molar-refractivity contribution is -0.142. The summed E-state index contributed by atoms with van der Waals surface area (Å²) in [6.07, 6.45) is -7.57. The van der Waals surface area contributed by atoms with E-state index in [9.17, 15) is 31.1 Å². The molecule has 0 aromatic carbocycles. The van der Waals surface area contributed by atoms with Crippen LogP contribution in [-0.2, 0) is 19.4 Å². The number of fused-ring (bicyclic) bond motifs is 3. The standard InChI is InChI=1S/C17H9F6N5O/c1-27-7-9-8-4-5-11(16(18,19)20)25-14(8)28(15(29)12(9)26-27)10-3-2-6-24-13(10)17(21,22)23/h2-7H,1H3. The van der Waals surface area contributed by atoms with Gasteiger partial charge in [-0.2, -0.15) is 31.4 Å². The Labute approximate surface area is 157 Å². The first-order valence-electron chi connectivity index (χ1n) is 7.97. The second kappa shape index (κ2) is 6.03. The lowest BCUT2D eigenvalue weighted by Crippen LogP contribution is -2.24. The van der Waals surface area contributed by atoms with E-state index in [2.05, 4.69) is 15.1 Å². The quantitative estimate of drug-likeness (QED) is 0.447. The minimum atomic E-state index is -4.96. The molecule has 0 N–H and O–H groups in total. The Hall–Kier alpha value is -3.44. The van der Waals surface area contributed by atoms with Crippen molar-refractivity contribution in [2.75, 3.05) is 0 Å². The predicted octanol–water partition coefficient (Wildman–Crippen LogP) is 3.71. The van der Waals surface area contributed by atoms with E-state index in [1.165, 1.54) is 17.9 Å². The second-order valence-corrected chi connectivity index (χ2v) is 6.14. The number of pyridine rings is 3. The fourth-order valence-corrected chi connectivity index (χ4v) is 3.05. The molecule has 12 heteroatoms. The Morgan fingerprint density at radius 3 is 2.34 bits per heavy atom. The number of alkyl halides is 6. The van der Waals surface area contributed by atoms with Crippen molar-refractivity contribution in [2.24, 2.45) is 7.05 Å². The van der Waals surface area contributed by atoms with E-state index in [-0.39, 0.29) is 16.3 Å². The molecule has 150 valence electrons. The van der Waals surface area contributed by atoms with E-state index in [0.717, 1.165) is 24.4 Å². The van der Waals surface area contributed by atoms with Crippen molar-refractivity contribution in [1.29, 1.82) is 0 Å². The first kappa shape index (κ1) is 18.9. The molecular weight excluding hydrogens is 404 g/mol. The van der Waals surface area contributed by atoms with E-state index < -0.39 is 40.6 Å². The van der Waals surface area contributed by atoms with Crippen molar-refractivity contribution in [3.8, 4) is 5.69 Å². The summed E-state index contributed by atoms with van der Waals surface area (Å²) in [4.78, 5) is 19.7. The van der Waals surface area contributed by atoms with Crippen molar-refractivity contribution >= 4 is 21.9 Å². The van der Waals surface area contributed by atoms with Crippen LogP contribution in [0.4, 0.5) is 26.3 Å². The van der Waals surface area contributed by atoms with Crippen LogP contribution in [-0.4, -0.2) is 24.3 Å². The maximum atomic E-state index is 13.5. The molecule has 0 radical (unpaired) electrons. The van der Waals surface area contributed by atoms with Crippen LogP contribution in [0.5, 0.6) is 0 Å². The van der Waals surface area contributed by atoms with Gasteiger partial charge in [0.25, 0.3) is 5.56 Å². The molecule has 0 unspecified atom stereocenters. The van der Waals surface area contributed by atoms with E-state index >= 15 is 0 Å². The second-order valence-electron chi connectivity index (χ2n) is 6.14. The van der Waals surface area contributed by atoms with Crippen LogP contribution < -0.4 is 5.56 Å². The van der Waals surface area contributed by atoms with Gasteiger partial charge in [-0.15, -0.1) is 0 Å². The number of halogens is 6. The minimum absolute atomic E-state index is 0.0395. The van der Waals surface area contributed by atoms with Gasteiger partial charge in [0.1, 0.15) is 11.3 Å². The monoisotopic (exact) mass is 413 g/mol. The number of aryl methyl sites for hydroxylation is 1. The fraction of sp³-hybridized carbons (Fsp3) is 0.176. The molecule has 0 bridgehead atoms. The number of aromatic nitrogens is 5. The molecule has 6 nitrogen and oxygen atoms in total. The number of nitrogens with zero attached hydrogens (tertiary/aromatic N) is 5. The maximum Gasteiger partial charge on any atom is 0.435 e. The fourth-order valence-electron chi connectivity index (χ4n) is 3.05. The highest BCUT2D eigenvalue weighted by Gasteiger charge is 2.37. The summed E-state index contributed by atoms with van der Waals surface area (Å²) >= 11 is 0. The molecule has 0 aliphatic carbocycles. The zero-order valence-electron chi connectivity index (χ0n) is 14.4. The molecule has 4 rings (SSSR count). The summed E-state index contributed by atoms with van der Waals surface area (Å²) in [6.45, 7) is 0. The molecule has 0 saturated carbocycles. The molecular formula is C17H9F6N5O. The molecule has 0 aliphatic rings. The van der Waals surface area contributed by atoms with Crippen LogP contribution in [0.15, 0.2) is 41.5 Å². The highest BCUT2D eigenvalue weighted by molar-refractivity contribution is 6.03. The third-order valence-corrected chi connectivity index (χ3v) is 4.20. The Morgan fingerprint density at radius 1 is 0.966 bits per heavy atom. The zero-order valence-corrected chi connectivity index (χ0v) is 14.4. The first-order valence-corrected chi connectivity index (χ1v) is 7.97. The first-order chi connectivity index (χ1) is 13.5. The maximum absolute atomic E-state index is 13.5. The van der Waals surface area contributed by atoms with Gasteiger partial charge >= 0.3 is 12.4 Å². The van der Waals surface area contributed by atoms with E-state index in [1.54, 1.807) is 0 Å². The predicted molar refractivity (Wildman–Crippen MR) is 89.4 cm³/mol. The molecule has 4 heterocycles. The zero-order chi connectivity index (χ0) is 21.1. The van der Waals surface area contributed by atoms with Gasteiger partial charge < -0.3 is 0 Å². The average Bonchev–Trinajstić information content (AvgIpc) is 3.02. The third-order valence-electron chi connectivity index (χ3n) is 4.20. The number of hydrogen-bond acceptors (Lipinski definition) is 4. The van der Waals surface area contributed by atoms with Crippen LogP contribution in [0.3, 0.4) is 0 Å². The SMILES string of the molecule is Cn1cc2c(n1)c(=O)n(-c1cccnc1C(F)(F)F)c1nc(C(F)(F)F)ccc21. The molecule has 0 saturated heterocycles. The molecule has 0 atom stereocenters. The van der Waals surface area contributed by atoms with Gasteiger partial charge in [-0.1, -0.05) is 0 Å². The Bertz CT molecular complexity index is 1320. The minimum Gasteiger partial charge on any atom is -0.274 e. The lowest BCUT2D eigenvalue weighted by atomic mass is 10.1. The normalized spacial score (nSPS) is 12.8. The van der Waals surface area contributed by atoms with Gasteiger partial charge in [-0.3, -0.25) is 14.0 Å². The Balaban J connectivity index is 2.24. The van der Waals surface area contributed by atoms with Crippen molar-refractivity contribution in [2.45, 2.75) is 12.4 Å². The number of rotatable bonds is 1. The number of hydrogen-bond donors (Lipinski definition) is 0. The van der Waals surface area contributed by atoms with Crippen molar-refractivity contribution < 1.29 is 26.3 Å². The van der Waals surface area contributed by atoms with Gasteiger partial charge in [0.05, 0.1) is 5.69 Å². The van der Waals surface area contributed by atoms with Gasteiger partial charge in [-0.05, 0) is 24.3 Å². The molecule has 0 amide bonds. The van der Waals surface area contributed by atoms with Crippen molar-refractivity contribution in [3.63, 3.8) is 0 Å². The van der Waals surface area contributed by atoms with E-state index in [4.69, 9.17) is 0 Å². The molecule has 4 aromatic rings. The largest absolute Gasteiger partial charge is 0.435 e. The van der Waals surface area contributed by atoms with Crippen LogP contribution in [0.25, 0.3) is 27.6 Å². The molecule has 0 aliphatic heterocycles. The van der Waals surface area contributed by atoms with Gasteiger partial charge in [0.2, 0.25) is 0 Å². The lowest BCUT2D eigenvalue weighted by Gasteiger charge is -2.16. The third kappa shape index (κ3) is 3.00. The van der Waals surface area contributed by atoms with Crippen LogP contribution >= 0.6 is 0 Å². The summed E-state index contributed by atoms with van der Waals surface area (Å²) in [5.74, 6) is 0. The van der Waals surface area contributed by atoms with Crippen molar-refractivity contribution in [1.82, 2.24) is 24.3 Å². The van der Waals surface area contributed by atoms with Gasteiger partial charge in [0.15, 0.2) is 11.2 Å². The van der Waals surface area contributed by atoms with Gasteiger partial charge in [-0.25, -0.2) is 9.97 Å². The van der Waals surface area contributed by atoms with Crippen LogP contribution in [0.1, 0.15) is 11.4 Å². The highest BCUT2D eigenvalue weighted by atomic mass is 19.4. The summed E-state index contributed by atoms with van der Waals surface area (Å²) in [7, 11) is 1.47. The summed E-state index contributed by atoms with van der Waals surface area (Å²) in [5, 5.41) is 4.15. The molecule has 0 spiro atoms. The van der Waals surface area contributed by atoms with E-state index in [1.807, 2.05) is 0 Å². The van der Waals surface area contributed by atoms with Crippen molar-refractivity contribution in [3.05, 3.63) is 58.4 Å². The summed E-state index contributed by atoms with van der Waals surface area (Å²) in [5.41, 5.74) is -5.35. The average molecular weight is 413 g/mol. The summed E-state index contributed by atoms with van der Waals surface area (Å²) < 4.78 is 81.6. The van der Waals surface area contributed by atoms with Crippen LogP contribution in [0, 0.1) is 0 Å². The Morgan fingerprint density at radius 2 is 1.69 bits per heavy atom. The topological polar surface area (TPSA) is 65.6 Å². The van der Waals surface area contributed by atoms with Gasteiger partial charge in [0, 0.05) is 30.2 Å². The molecule has 0 fully saturated rings. The van der Waals surface area contributed by atoms with E-state index in [0.29, 0.717) is 10.6 Å². The highest BCUT2D eigenvalue weighted by Crippen LogP contribution is 2.34. The molecule has 4 aromatic heterocycles.